The molecule has 8 rings (SSSR count). The van der Waals surface area contributed by atoms with E-state index in [1.807, 2.05) is 36.4 Å². The van der Waals surface area contributed by atoms with Gasteiger partial charge in [0.05, 0.1) is 0 Å². The first-order chi connectivity index (χ1) is 28.2. The van der Waals surface area contributed by atoms with Crippen molar-refractivity contribution in [3.05, 3.63) is 240 Å². The number of rotatable bonds is 10. The Bertz CT molecular complexity index is 2330. The van der Waals surface area contributed by atoms with Crippen molar-refractivity contribution in [3.63, 3.8) is 0 Å². The van der Waals surface area contributed by atoms with Gasteiger partial charge >= 0.3 is 0 Å². The third kappa shape index (κ3) is 15.9. The van der Waals surface area contributed by atoms with Crippen LogP contribution in [0.25, 0.3) is 0 Å². The molecule has 0 spiro atoms. The van der Waals surface area contributed by atoms with Gasteiger partial charge in [0.2, 0.25) is 0 Å². The van der Waals surface area contributed by atoms with Crippen LogP contribution in [0.5, 0.6) is 0 Å². The van der Waals surface area contributed by atoms with E-state index in [1.165, 1.54) is 27.8 Å². The molecule has 4 heteroatoms. The zero-order valence-electron chi connectivity index (χ0n) is 34.2. The van der Waals surface area contributed by atoms with Gasteiger partial charge in [-0.15, -0.1) is 0 Å². The van der Waals surface area contributed by atoms with Crippen molar-refractivity contribution in [1.82, 2.24) is 0 Å². The number of hydrogen-bond donors (Lipinski definition) is 4. The molecule has 0 aromatic heterocycles. The van der Waals surface area contributed by atoms with Crippen LogP contribution in [-0.4, -0.2) is 0 Å². The lowest BCUT2D eigenvalue weighted by atomic mass is 9.78. The lowest BCUT2D eigenvalue weighted by molar-refractivity contribution is 0.641. The molecular formula is C58H70N4. The Kier molecular flexibility index (Phi) is 21.1. The summed E-state index contributed by atoms with van der Waals surface area (Å²) in [6.07, 6.45) is 0. The summed E-state index contributed by atoms with van der Waals surface area (Å²) < 4.78 is 0. The van der Waals surface area contributed by atoms with Crippen molar-refractivity contribution in [3.8, 4) is 0 Å². The van der Waals surface area contributed by atoms with Gasteiger partial charge in [0.25, 0.3) is 0 Å². The minimum absolute atomic E-state index is 0. The second-order valence-electron chi connectivity index (χ2n) is 15.0. The maximum atomic E-state index is 3.49. The predicted molar refractivity (Wildman–Crippen MR) is 278 cm³/mol. The van der Waals surface area contributed by atoms with Crippen molar-refractivity contribution < 1.29 is 0 Å². The van der Waals surface area contributed by atoms with Gasteiger partial charge in [0.15, 0.2) is 0 Å². The van der Waals surface area contributed by atoms with Crippen LogP contribution in [0.15, 0.2) is 212 Å². The second-order valence-corrected chi connectivity index (χ2v) is 15.0. The average Bonchev–Trinajstić information content (AvgIpc) is 3.26. The van der Waals surface area contributed by atoms with Crippen LogP contribution in [0.3, 0.4) is 0 Å². The molecule has 0 aliphatic heterocycles. The van der Waals surface area contributed by atoms with Crippen molar-refractivity contribution in [2.45, 2.75) is 69.7 Å². The van der Waals surface area contributed by atoms with E-state index in [0.717, 1.165) is 45.5 Å². The number of anilines is 8. The SMILES string of the molecule is C.C.C.C.CC(C)(c1ccccc1)c1ccc(Nc2ccc(Nc3ccccc3)cc2)cc1.Cc1ccc(Nc2ccc(C)cc2)cc1.Cc1ccc(Nc2ccccc2)cc1. The topological polar surface area (TPSA) is 48.1 Å². The summed E-state index contributed by atoms with van der Waals surface area (Å²) >= 11 is 0. The number of nitrogens with one attached hydrogen (secondary N) is 4. The van der Waals surface area contributed by atoms with Crippen LogP contribution in [0.1, 0.15) is 71.4 Å². The fourth-order valence-corrected chi connectivity index (χ4v) is 6.25. The Morgan fingerprint density at radius 2 is 0.435 bits per heavy atom. The monoisotopic (exact) mass is 823 g/mol. The van der Waals surface area contributed by atoms with Crippen LogP contribution in [0, 0.1) is 20.8 Å². The van der Waals surface area contributed by atoms with E-state index in [4.69, 9.17) is 0 Å². The Balaban J connectivity index is 0.000000341. The molecule has 62 heavy (non-hydrogen) atoms. The van der Waals surface area contributed by atoms with Crippen molar-refractivity contribution in [2.75, 3.05) is 21.3 Å². The molecule has 0 unspecified atom stereocenters. The Hall–Kier alpha value is -7.04. The minimum atomic E-state index is -0.0233. The van der Waals surface area contributed by atoms with E-state index in [2.05, 4.69) is 232 Å². The predicted octanol–water partition coefficient (Wildman–Crippen LogP) is 17.8. The van der Waals surface area contributed by atoms with Gasteiger partial charge in [-0.1, -0.05) is 176 Å². The van der Waals surface area contributed by atoms with Crippen molar-refractivity contribution in [2.24, 2.45) is 0 Å². The van der Waals surface area contributed by atoms with Crippen LogP contribution in [0.2, 0.25) is 0 Å². The molecule has 0 radical (unpaired) electrons. The molecule has 0 saturated heterocycles. The minimum Gasteiger partial charge on any atom is -0.356 e. The third-order valence-corrected chi connectivity index (χ3v) is 9.84. The second kappa shape index (κ2) is 25.6. The number of benzene rings is 8. The van der Waals surface area contributed by atoms with Crippen molar-refractivity contribution >= 4 is 45.5 Å². The zero-order valence-corrected chi connectivity index (χ0v) is 34.2. The smallest absolute Gasteiger partial charge is 0.0385 e. The molecule has 0 amide bonds. The summed E-state index contributed by atoms with van der Waals surface area (Å²) in [5, 5.41) is 13.6. The number of hydrogen-bond acceptors (Lipinski definition) is 4. The highest BCUT2D eigenvalue weighted by Gasteiger charge is 2.22. The molecule has 0 aliphatic rings. The van der Waals surface area contributed by atoms with E-state index in [0.29, 0.717) is 0 Å². The van der Waals surface area contributed by atoms with E-state index in [9.17, 15) is 0 Å². The Morgan fingerprint density at radius 1 is 0.242 bits per heavy atom. The van der Waals surface area contributed by atoms with Crippen LogP contribution in [0.4, 0.5) is 45.5 Å². The zero-order chi connectivity index (χ0) is 40.6. The quantitative estimate of drug-likeness (QED) is 0.111. The number of aryl methyl sites for hydroxylation is 3. The summed E-state index contributed by atoms with van der Waals surface area (Å²) in [4.78, 5) is 0. The van der Waals surface area contributed by atoms with Gasteiger partial charge in [0.1, 0.15) is 0 Å². The van der Waals surface area contributed by atoms with E-state index >= 15 is 0 Å². The number of para-hydroxylation sites is 2. The molecule has 4 nitrogen and oxygen atoms in total. The first kappa shape index (κ1) is 51.1. The summed E-state index contributed by atoms with van der Waals surface area (Å²) in [6.45, 7) is 10.8. The highest BCUT2D eigenvalue weighted by atomic mass is 14.9. The van der Waals surface area contributed by atoms with E-state index in [1.54, 1.807) is 0 Å². The standard InChI is InChI=1S/C27H26N2.C14H15N.C13H13N.4CH4/c1-27(2,21-9-5-3-6-10-21)22-13-15-24(16-14-22)29-26-19-17-25(18-20-26)28-23-11-7-4-8-12-23;1-11-3-7-13(8-4-11)15-14-9-5-12(2)6-10-14;1-11-7-9-13(10-8-11)14-12-5-3-2-4-6-12;;;;/h3-20,28-29H,1-2H3;3-10,15H,1-2H3;2-10,14H,1H3;4*1H4. The fraction of sp³-hybridized carbons (Fsp3) is 0.172. The highest BCUT2D eigenvalue weighted by molar-refractivity contribution is 5.66. The fourth-order valence-electron chi connectivity index (χ4n) is 6.25. The molecule has 4 N–H and O–H groups in total. The lowest BCUT2D eigenvalue weighted by Gasteiger charge is -2.26. The van der Waals surface area contributed by atoms with Gasteiger partial charge in [-0.05, 0) is 129 Å². The van der Waals surface area contributed by atoms with Gasteiger partial charge in [0, 0.05) is 50.9 Å². The maximum absolute atomic E-state index is 3.49. The molecule has 8 aromatic rings. The summed E-state index contributed by atoms with van der Waals surface area (Å²) in [5.41, 5.74) is 15.3. The normalized spacial score (nSPS) is 9.82. The summed E-state index contributed by atoms with van der Waals surface area (Å²) in [5.74, 6) is 0. The summed E-state index contributed by atoms with van der Waals surface area (Å²) in [7, 11) is 0. The average molecular weight is 823 g/mol. The first-order valence-electron chi connectivity index (χ1n) is 19.8. The Labute approximate surface area is 375 Å². The molecule has 0 bridgehead atoms. The molecule has 322 valence electrons. The van der Waals surface area contributed by atoms with Gasteiger partial charge < -0.3 is 21.3 Å². The molecule has 0 atom stereocenters. The van der Waals surface area contributed by atoms with Gasteiger partial charge in [-0.25, -0.2) is 0 Å². The molecule has 0 aliphatic carbocycles. The Morgan fingerprint density at radius 3 is 0.710 bits per heavy atom. The van der Waals surface area contributed by atoms with Gasteiger partial charge in [-0.3, -0.25) is 0 Å². The first-order valence-corrected chi connectivity index (χ1v) is 19.8. The largest absolute Gasteiger partial charge is 0.356 e. The van der Waals surface area contributed by atoms with Gasteiger partial charge in [-0.2, -0.15) is 0 Å². The lowest BCUT2D eigenvalue weighted by Crippen LogP contribution is -2.18. The van der Waals surface area contributed by atoms with E-state index < -0.39 is 0 Å². The maximum Gasteiger partial charge on any atom is 0.0385 e. The van der Waals surface area contributed by atoms with E-state index in [-0.39, 0.29) is 35.1 Å². The molecule has 0 fully saturated rings. The van der Waals surface area contributed by atoms with Crippen LogP contribution >= 0.6 is 0 Å². The van der Waals surface area contributed by atoms with Crippen molar-refractivity contribution in [1.29, 1.82) is 0 Å². The molecule has 0 heterocycles. The highest BCUT2D eigenvalue weighted by Crippen LogP contribution is 2.32. The van der Waals surface area contributed by atoms with Crippen LogP contribution in [-0.2, 0) is 5.41 Å². The third-order valence-electron chi connectivity index (χ3n) is 9.84. The summed E-state index contributed by atoms with van der Waals surface area (Å²) in [6, 6.07) is 73.3. The molecule has 8 aromatic carbocycles. The molecule has 0 saturated carbocycles. The molecular weight excluding hydrogens is 753 g/mol. The van der Waals surface area contributed by atoms with Crippen LogP contribution < -0.4 is 21.3 Å².